The fourth-order valence-electron chi connectivity index (χ4n) is 2.89. The number of hydrogen-bond acceptors (Lipinski definition) is 4. The van der Waals surface area contributed by atoms with Gasteiger partial charge in [-0.15, -0.1) is 11.8 Å². The molecule has 1 fully saturated rings. The molecule has 0 unspecified atom stereocenters. The molecule has 0 bridgehead atoms. The zero-order valence-corrected chi connectivity index (χ0v) is 17.1. The van der Waals surface area contributed by atoms with Gasteiger partial charge in [-0.3, -0.25) is 4.79 Å². The number of rotatable bonds is 6. The van der Waals surface area contributed by atoms with E-state index in [0.717, 1.165) is 4.90 Å². The maximum absolute atomic E-state index is 12.6. The third kappa shape index (κ3) is 5.04. The zero-order chi connectivity index (χ0) is 19.3. The molecule has 0 saturated carbocycles. The summed E-state index contributed by atoms with van der Waals surface area (Å²) < 4.78 is 26.7. The molecule has 1 aliphatic heterocycles. The SMILES string of the molecule is O=C(CCSc1ccccc1Cl)N1CCN(S(=O)(=O)c2ccccc2)CC1. The molecule has 0 radical (unpaired) electrons. The largest absolute Gasteiger partial charge is 0.340 e. The molecule has 3 rings (SSSR count). The summed E-state index contributed by atoms with van der Waals surface area (Å²) in [7, 11) is -3.49. The lowest BCUT2D eigenvalue weighted by molar-refractivity contribution is -0.131. The van der Waals surface area contributed by atoms with Crippen LogP contribution in [0.2, 0.25) is 5.02 Å². The molecule has 0 aromatic heterocycles. The number of hydrogen-bond donors (Lipinski definition) is 0. The molecule has 5 nitrogen and oxygen atoms in total. The molecule has 144 valence electrons. The Balaban J connectivity index is 1.49. The van der Waals surface area contributed by atoms with Gasteiger partial charge in [0.05, 0.1) is 9.92 Å². The first kappa shape index (κ1) is 20.2. The van der Waals surface area contributed by atoms with Crippen molar-refractivity contribution in [2.75, 3.05) is 31.9 Å². The third-order valence-electron chi connectivity index (χ3n) is 4.38. The lowest BCUT2D eigenvalue weighted by atomic mass is 10.3. The molecule has 27 heavy (non-hydrogen) atoms. The molecular formula is C19H21ClN2O3S2. The van der Waals surface area contributed by atoms with Crippen LogP contribution in [0.3, 0.4) is 0 Å². The van der Waals surface area contributed by atoms with E-state index in [2.05, 4.69) is 0 Å². The van der Waals surface area contributed by atoms with Gasteiger partial charge in [-0.25, -0.2) is 8.42 Å². The van der Waals surface area contributed by atoms with Gasteiger partial charge >= 0.3 is 0 Å². The molecule has 0 spiro atoms. The first-order chi connectivity index (χ1) is 13.0. The highest BCUT2D eigenvalue weighted by Gasteiger charge is 2.29. The predicted octanol–water partition coefficient (Wildman–Crippen LogP) is 3.36. The Morgan fingerprint density at radius 2 is 1.59 bits per heavy atom. The summed E-state index contributed by atoms with van der Waals surface area (Å²) in [5.41, 5.74) is 0. The topological polar surface area (TPSA) is 57.7 Å². The van der Waals surface area contributed by atoms with Crippen molar-refractivity contribution in [2.45, 2.75) is 16.2 Å². The number of carbonyl (C=O) groups is 1. The van der Waals surface area contributed by atoms with Crippen molar-refractivity contribution in [1.82, 2.24) is 9.21 Å². The highest BCUT2D eigenvalue weighted by molar-refractivity contribution is 7.99. The zero-order valence-electron chi connectivity index (χ0n) is 14.8. The van der Waals surface area contributed by atoms with E-state index in [1.54, 1.807) is 47.0 Å². The van der Waals surface area contributed by atoms with E-state index >= 15 is 0 Å². The Morgan fingerprint density at radius 3 is 2.26 bits per heavy atom. The van der Waals surface area contributed by atoms with Crippen LogP contribution in [-0.4, -0.2) is 55.5 Å². The van der Waals surface area contributed by atoms with E-state index in [-0.39, 0.29) is 5.91 Å². The molecular weight excluding hydrogens is 404 g/mol. The maximum atomic E-state index is 12.6. The van der Waals surface area contributed by atoms with E-state index in [1.807, 2.05) is 24.3 Å². The van der Waals surface area contributed by atoms with Gasteiger partial charge in [-0.05, 0) is 24.3 Å². The monoisotopic (exact) mass is 424 g/mol. The molecule has 0 atom stereocenters. The minimum absolute atomic E-state index is 0.0475. The van der Waals surface area contributed by atoms with Gasteiger partial charge in [0.2, 0.25) is 15.9 Å². The van der Waals surface area contributed by atoms with Crippen molar-refractivity contribution in [3.8, 4) is 0 Å². The highest BCUT2D eigenvalue weighted by atomic mass is 35.5. The molecule has 0 N–H and O–H groups in total. The van der Waals surface area contributed by atoms with Crippen LogP contribution >= 0.6 is 23.4 Å². The standard InChI is InChI=1S/C19H21ClN2O3S2/c20-17-8-4-5-9-18(17)26-15-10-19(23)21-11-13-22(14-12-21)27(24,25)16-6-2-1-3-7-16/h1-9H,10-15H2. The lowest BCUT2D eigenvalue weighted by Gasteiger charge is -2.34. The average molecular weight is 425 g/mol. The molecule has 1 saturated heterocycles. The minimum Gasteiger partial charge on any atom is -0.340 e. The summed E-state index contributed by atoms with van der Waals surface area (Å²) >= 11 is 7.67. The second-order valence-corrected chi connectivity index (χ2v) is 9.61. The van der Waals surface area contributed by atoms with Crippen LogP contribution in [-0.2, 0) is 14.8 Å². The molecule has 1 aliphatic rings. The molecule has 0 aliphatic carbocycles. The number of sulfonamides is 1. The molecule has 1 heterocycles. The van der Waals surface area contributed by atoms with Gasteiger partial charge in [0, 0.05) is 43.2 Å². The average Bonchev–Trinajstić information content (AvgIpc) is 2.70. The van der Waals surface area contributed by atoms with Crippen molar-refractivity contribution >= 4 is 39.3 Å². The quantitative estimate of drug-likeness (QED) is 0.667. The number of benzene rings is 2. The van der Waals surface area contributed by atoms with Gasteiger partial charge in [0.1, 0.15) is 0 Å². The van der Waals surface area contributed by atoms with Crippen molar-refractivity contribution in [1.29, 1.82) is 0 Å². The predicted molar refractivity (Wildman–Crippen MR) is 109 cm³/mol. The molecule has 2 aromatic carbocycles. The van der Waals surface area contributed by atoms with E-state index in [1.165, 1.54) is 4.31 Å². The fraction of sp³-hybridized carbons (Fsp3) is 0.316. The van der Waals surface area contributed by atoms with E-state index in [4.69, 9.17) is 11.6 Å². The highest BCUT2D eigenvalue weighted by Crippen LogP contribution is 2.27. The van der Waals surface area contributed by atoms with E-state index in [9.17, 15) is 13.2 Å². The summed E-state index contributed by atoms with van der Waals surface area (Å²) in [6, 6.07) is 16.0. The van der Waals surface area contributed by atoms with Gasteiger partial charge < -0.3 is 4.90 Å². The molecule has 2 aromatic rings. The number of piperazine rings is 1. The van der Waals surface area contributed by atoms with Crippen LogP contribution < -0.4 is 0 Å². The van der Waals surface area contributed by atoms with Crippen LogP contribution in [0.15, 0.2) is 64.4 Å². The Hall–Kier alpha value is -1.54. The van der Waals surface area contributed by atoms with Gasteiger partial charge in [0.25, 0.3) is 0 Å². The summed E-state index contributed by atoms with van der Waals surface area (Å²) in [5, 5.41) is 0.690. The number of thioether (sulfide) groups is 1. The van der Waals surface area contributed by atoms with Gasteiger partial charge in [-0.2, -0.15) is 4.31 Å². The van der Waals surface area contributed by atoms with Crippen LogP contribution in [0.5, 0.6) is 0 Å². The van der Waals surface area contributed by atoms with Crippen molar-refractivity contribution in [3.63, 3.8) is 0 Å². The number of nitrogens with zero attached hydrogens (tertiary/aromatic N) is 2. The van der Waals surface area contributed by atoms with E-state index < -0.39 is 10.0 Å². The Kier molecular flexibility index (Phi) is 6.81. The normalized spacial score (nSPS) is 15.7. The fourth-order valence-corrected chi connectivity index (χ4v) is 5.51. The summed E-state index contributed by atoms with van der Waals surface area (Å²) in [6.45, 7) is 1.48. The van der Waals surface area contributed by atoms with Crippen LogP contribution in [0.25, 0.3) is 0 Å². The lowest BCUT2D eigenvalue weighted by Crippen LogP contribution is -2.50. The van der Waals surface area contributed by atoms with Crippen molar-refractivity contribution in [2.24, 2.45) is 0 Å². The summed E-state index contributed by atoms with van der Waals surface area (Å²) in [6.07, 6.45) is 0.404. The minimum atomic E-state index is -3.49. The summed E-state index contributed by atoms with van der Waals surface area (Å²) in [5.74, 6) is 0.691. The van der Waals surface area contributed by atoms with Crippen molar-refractivity contribution < 1.29 is 13.2 Å². The maximum Gasteiger partial charge on any atom is 0.243 e. The van der Waals surface area contributed by atoms with Crippen molar-refractivity contribution in [3.05, 3.63) is 59.6 Å². The van der Waals surface area contributed by atoms with Crippen LogP contribution in [0.1, 0.15) is 6.42 Å². The Bertz CT molecular complexity index is 883. The van der Waals surface area contributed by atoms with Gasteiger partial charge in [-0.1, -0.05) is 41.9 Å². The van der Waals surface area contributed by atoms with Gasteiger partial charge in [0.15, 0.2) is 0 Å². The Morgan fingerprint density at radius 1 is 0.963 bits per heavy atom. The molecule has 8 heteroatoms. The number of amides is 1. The smallest absolute Gasteiger partial charge is 0.243 e. The Labute approximate surface area is 169 Å². The first-order valence-corrected chi connectivity index (χ1v) is 11.5. The van der Waals surface area contributed by atoms with Crippen LogP contribution in [0.4, 0.5) is 0 Å². The molecule has 1 amide bonds. The number of carbonyl (C=O) groups excluding carboxylic acids is 1. The first-order valence-electron chi connectivity index (χ1n) is 8.69. The second-order valence-electron chi connectivity index (χ2n) is 6.13. The third-order valence-corrected chi connectivity index (χ3v) is 7.81. The summed E-state index contributed by atoms with van der Waals surface area (Å²) in [4.78, 5) is 15.4. The van der Waals surface area contributed by atoms with E-state index in [0.29, 0.717) is 48.3 Å². The second kappa shape index (κ2) is 9.10. The number of halogens is 1. The van der Waals surface area contributed by atoms with Crippen LogP contribution in [0, 0.1) is 0 Å².